The van der Waals surface area contributed by atoms with Gasteiger partial charge in [0.05, 0.1) is 12.8 Å². The Labute approximate surface area is 101 Å². The van der Waals surface area contributed by atoms with Gasteiger partial charge in [0.2, 0.25) is 0 Å². The van der Waals surface area contributed by atoms with E-state index in [9.17, 15) is 0 Å². The van der Waals surface area contributed by atoms with Crippen LogP contribution in [0.1, 0.15) is 12.6 Å². The summed E-state index contributed by atoms with van der Waals surface area (Å²) in [6.45, 7) is 2.07. The lowest BCUT2D eigenvalue weighted by atomic mass is 10.0. The Morgan fingerprint density at radius 3 is 2.76 bits per heavy atom. The van der Waals surface area contributed by atoms with Crippen LogP contribution < -0.4 is 10.5 Å². The molecule has 0 aliphatic carbocycles. The zero-order valence-electron chi connectivity index (χ0n) is 10.1. The van der Waals surface area contributed by atoms with Crippen LogP contribution >= 0.6 is 0 Å². The van der Waals surface area contributed by atoms with E-state index in [1.54, 1.807) is 7.11 Å². The van der Waals surface area contributed by atoms with Crippen LogP contribution in [0.25, 0.3) is 11.1 Å². The summed E-state index contributed by atoms with van der Waals surface area (Å²) in [5.41, 5.74) is 8.93. The van der Waals surface area contributed by atoms with E-state index in [0.717, 1.165) is 29.0 Å². The molecule has 88 valence electrons. The molecule has 1 heterocycles. The van der Waals surface area contributed by atoms with Crippen LogP contribution in [-0.2, 0) is 6.42 Å². The standard InChI is InChI=1S/C14H16N2O/c1-3-13-12(7-8-14(15)16-13)10-5-4-6-11(9-10)17-2/h4-9H,3H2,1-2H3,(H2,15,16). The van der Waals surface area contributed by atoms with E-state index >= 15 is 0 Å². The third-order valence-electron chi connectivity index (χ3n) is 2.71. The molecule has 1 aromatic heterocycles. The number of pyridine rings is 1. The number of methoxy groups -OCH3 is 1. The third-order valence-corrected chi connectivity index (χ3v) is 2.71. The van der Waals surface area contributed by atoms with Crippen molar-refractivity contribution >= 4 is 5.82 Å². The van der Waals surface area contributed by atoms with E-state index in [4.69, 9.17) is 10.5 Å². The molecule has 3 heteroatoms. The first-order valence-electron chi connectivity index (χ1n) is 5.64. The van der Waals surface area contributed by atoms with Crippen molar-refractivity contribution in [1.82, 2.24) is 4.98 Å². The Morgan fingerprint density at radius 2 is 2.06 bits per heavy atom. The molecule has 0 atom stereocenters. The molecule has 2 aromatic rings. The highest BCUT2D eigenvalue weighted by Crippen LogP contribution is 2.27. The molecule has 0 fully saturated rings. The zero-order chi connectivity index (χ0) is 12.3. The largest absolute Gasteiger partial charge is 0.497 e. The molecule has 0 aliphatic rings. The van der Waals surface area contributed by atoms with Crippen molar-refractivity contribution in [2.45, 2.75) is 13.3 Å². The van der Waals surface area contributed by atoms with E-state index in [1.807, 2.05) is 30.3 Å². The van der Waals surface area contributed by atoms with Crippen LogP contribution in [0.3, 0.4) is 0 Å². The maximum absolute atomic E-state index is 5.70. The van der Waals surface area contributed by atoms with Crippen LogP contribution in [-0.4, -0.2) is 12.1 Å². The number of nitrogens with zero attached hydrogens (tertiary/aromatic N) is 1. The maximum Gasteiger partial charge on any atom is 0.123 e. The number of hydrogen-bond acceptors (Lipinski definition) is 3. The Kier molecular flexibility index (Phi) is 3.28. The predicted octanol–water partition coefficient (Wildman–Crippen LogP) is 2.90. The van der Waals surface area contributed by atoms with E-state index in [2.05, 4.69) is 18.0 Å². The molecule has 0 radical (unpaired) electrons. The summed E-state index contributed by atoms with van der Waals surface area (Å²) in [4.78, 5) is 4.36. The predicted molar refractivity (Wildman–Crippen MR) is 70.0 cm³/mol. The number of hydrogen-bond donors (Lipinski definition) is 1. The highest BCUT2D eigenvalue weighted by Gasteiger charge is 2.06. The summed E-state index contributed by atoms with van der Waals surface area (Å²) < 4.78 is 5.23. The number of nitrogens with two attached hydrogens (primary N) is 1. The Morgan fingerprint density at radius 1 is 1.24 bits per heavy atom. The fourth-order valence-corrected chi connectivity index (χ4v) is 1.84. The molecule has 0 amide bonds. The van der Waals surface area contributed by atoms with E-state index in [0.29, 0.717) is 5.82 Å². The smallest absolute Gasteiger partial charge is 0.123 e. The second-order valence-corrected chi connectivity index (χ2v) is 3.82. The number of aromatic nitrogens is 1. The number of aryl methyl sites for hydroxylation is 1. The van der Waals surface area contributed by atoms with E-state index in [-0.39, 0.29) is 0 Å². The fraction of sp³-hybridized carbons (Fsp3) is 0.214. The minimum absolute atomic E-state index is 0.563. The van der Waals surface area contributed by atoms with Crippen LogP contribution in [0.15, 0.2) is 36.4 Å². The summed E-state index contributed by atoms with van der Waals surface area (Å²) in [7, 11) is 1.67. The average molecular weight is 228 g/mol. The molecule has 17 heavy (non-hydrogen) atoms. The van der Waals surface area contributed by atoms with E-state index in [1.165, 1.54) is 0 Å². The Hall–Kier alpha value is -2.03. The van der Waals surface area contributed by atoms with Gasteiger partial charge in [-0.15, -0.1) is 0 Å². The lowest BCUT2D eigenvalue weighted by molar-refractivity contribution is 0.415. The van der Waals surface area contributed by atoms with Crippen molar-refractivity contribution in [3.8, 4) is 16.9 Å². The summed E-state index contributed by atoms with van der Waals surface area (Å²) in [5.74, 6) is 1.41. The Bertz CT molecular complexity index is 523. The highest BCUT2D eigenvalue weighted by molar-refractivity contribution is 5.68. The average Bonchev–Trinajstić information content (AvgIpc) is 2.38. The van der Waals surface area contributed by atoms with Gasteiger partial charge in [-0.3, -0.25) is 0 Å². The lowest BCUT2D eigenvalue weighted by Crippen LogP contribution is -1.97. The lowest BCUT2D eigenvalue weighted by Gasteiger charge is -2.09. The van der Waals surface area contributed by atoms with Crippen LogP contribution in [0.4, 0.5) is 5.82 Å². The Balaban J connectivity index is 2.51. The summed E-state index contributed by atoms with van der Waals surface area (Å²) in [5, 5.41) is 0. The van der Waals surface area contributed by atoms with Gasteiger partial charge in [-0.05, 0) is 36.2 Å². The number of anilines is 1. The minimum Gasteiger partial charge on any atom is -0.497 e. The number of ether oxygens (including phenoxy) is 1. The number of rotatable bonds is 3. The topological polar surface area (TPSA) is 48.1 Å². The molecule has 1 aromatic carbocycles. The summed E-state index contributed by atoms with van der Waals surface area (Å²) >= 11 is 0. The summed E-state index contributed by atoms with van der Waals surface area (Å²) in [6, 6.07) is 11.8. The molecule has 0 saturated heterocycles. The highest BCUT2D eigenvalue weighted by atomic mass is 16.5. The second-order valence-electron chi connectivity index (χ2n) is 3.82. The first-order chi connectivity index (χ1) is 8.24. The minimum atomic E-state index is 0.563. The van der Waals surface area contributed by atoms with Crippen molar-refractivity contribution in [2.75, 3.05) is 12.8 Å². The van der Waals surface area contributed by atoms with Gasteiger partial charge in [-0.1, -0.05) is 19.1 Å². The van der Waals surface area contributed by atoms with Gasteiger partial charge in [0.1, 0.15) is 11.6 Å². The SMILES string of the molecule is CCc1nc(N)ccc1-c1cccc(OC)c1. The zero-order valence-corrected chi connectivity index (χ0v) is 10.1. The van der Waals surface area contributed by atoms with Crippen LogP contribution in [0, 0.1) is 0 Å². The van der Waals surface area contributed by atoms with Gasteiger partial charge in [-0.2, -0.15) is 0 Å². The van der Waals surface area contributed by atoms with Crippen molar-refractivity contribution in [3.63, 3.8) is 0 Å². The van der Waals surface area contributed by atoms with Crippen molar-refractivity contribution in [1.29, 1.82) is 0 Å². The molecular weight excluding hydrogens is 212 g/mol. The third kappa shape index (κ3) is 2.38. The van der Waals surface area contributed by atoms with Gasteiger partial charge in [0.15, 0.2) is 0 Å². The van der Waals surface area contributed by atoms with Gasteiger partial charge in [0, 0.05) is 5.56 Å². The molecule has 2 rings (SSSR count). The van der Waals surface area contributed by atoms with Gasteiger partial charge >= 0.3 is 0 Å². The van der Waals surface area contributed by atoms with Gasteiger partial charge in [-0.25, -0.2) is 4.98 Å². The molecule has 0 unspecified atom stereocenters. The maximum atomic E-state index is 5.70. The fourth-order valence-electron chi connectivity index (χ4n) is 1.84. The van der Waals surface area contributed by atoms with Crippen LogP contribution in [0.2, 0.25) is 0 Å². The van der Waals surface area contributed by atoms with Crippen molar-refractivity contribution in [3.05, 3.63) is 42.1 Å². The monoisotopic (exact) mass is 228 g/mol. The first-order valence-corrected chi connectivity index (χ1v) is 5.64. The second kappa shape index (κ2) is 4.87. The van der Waals surface area contributed by atoms with E-state index < -0.39 is 0 Å². The number of nitrogen functional groups attached to an aromatic ring is 1. The molecule has 0 bridgehead atoms. The molecule has 2 N–H and O–H groups in total. The van der Waals surface area contributed by atoms with Crippen LogP contribution in [0.5, 0.6) is 5.75 Å². The van der Waals surface area contributed by atoms with Gasteiger partial charge in [0.25, 0.3) is 0 Å². The quantitative estimate of drug-likeness (QED) is 0.878. The van der Waals surface area contributed by atoms with Crippen molar-refractivity contribution < 1.29 is 4.74 Å². The molecule has 0 aliphatic heterocycles. The summed E-state index contributed by atoms with van der Waals surface area (Å²) in [6.07, 6.45) is 0.859. The molecule has 0 saturated carbocycles. The molecular formula is C14H16N2O. The number of benzene rings is 1. The molecule has 0 spiro atoms. The van der Waals surface area contributed by atoms with Crippen molar-refractivity contribution in [2.24, 2.45) is 0 Å². The van der Waals surface area contributed by atoms with Gasteiger partial charge < -0.3 is 10.5 Å². The normalized spacial score (nSPS) is 10.2. The molecule has 3 nitrogen and oxygen atoms in total. The first kappa shape index (κ1) is 11.5.